The van der Waals surface area contributed by atoms with E-state index in [9.17, 15) is 0 Å². The molecule has 1 atom stereocenters. The van der Waals surface area contributed by atoms with Gasteiger partial charge >= 0.3 is 0 Å². The minimum atomic E-state index is 0.756. The average molecular weight is 239 g/mol. The number of hydrogen-bond acceptors (Lipinski definition) is 2. The Morgan fingerprint density at radius 3 is 2.62 bits per heavy atom. The third-order valence-electron chi connectivity index (χ3n) is 3.44. The fourth-order valence-corrected chi connectivity index (χ4v) is 3.22. The van der Waals surface area contributed by atoms with E-state index in [4.69, 9.17) is 0 Å². The van der Waals surface area contributed by atoms with Crippen LogP contribution in [0.3, 0.4) is 0 Å². The van der Waals surface area contributed by atoms with Crippen molar-refractivity contribution in [1.29, 1.82) is 0 Å². The molecule has 2 heteroatoms. The van der Waals surface area contributed by atoms with Crippen LogP contribution in [0.5, 0.6) is 0 Å². The van der Waals surface area contributed by atoms with Crippen LogP contribution in [0.25, 0.3) is 0 Å². The Morgan fingerprint density at radius 1 is 1.38 bits per heavy atom. The molecule has 92 valence electrons. The van der Waals surface area contributed by atoms with Crippen LogP contribution in [0.15, 0.2) is 21.0 Å². The van der Waals surface area contributed by atoms with Crippen LogP contribution < -0.4 is 5.32 Å². The van der Waals surface area contributed by atoms with Gasteiger partial charge in [-0.1, -0.05) is 22.9 Å². The first-order chi connectivity index (χ1) is 7.56. The molecule has 0 bridgehead atoms. The summed E-state index contributed by atoms with van der Waals surface area (Å²) in [5, 5.41) is 3.31. The first-order valence-electron chi connectivity index (χ1n) is 6.22. The van der Waals surface area contributed by atoms with Gasteiger partial charge in [-0.25, -0.2) is 0 Å². The Morgan fingerprint density at radius 2 is 2.06 bits per heavy atom. The summed E-state index contributed by atoms with van der Waals surface area (Å²) in [5.41, 5.74) is 3.06. The minimum Gasteiger partial charge on any atom is -0.319 e. The van der Waals surface area contributed by atoms with Gasteiger partial charge in [-0.05, 0) is 69.7 Å². The fraction of sp³-hybridized carbons (Fsp3) is 0.714. The number of thioether (sulfide) groups is 1. The van der Waals surface area contributed by atoms with Crippen molar-refractivity contribution in [2.45, 2.75) is 47.0 Å². The summed E-state index contributed by atoms with van der Waals surface area (Å²) in [6, 6.07) is 0. The Balaban J connectivity index is 2.77. The molecule has 0 aliphatic heterocycles. The maximum Gasteiger partial charge on any atom is 0.00141 e. The van der Waals surface area contributed by atoms with Crippen molar-refractivity contribution in [2.75, 3.05) is 13.6 Å². The van der Waals surface area contributed by atoms with E-state index in [0.717, 1.165) is 12.5 Å². The standard InChI is InChI=1S/C14H25NS/c1-10(2)12(4)16-14-8-6-7-13(9-15-5)11(14)3/h13,15H,6-9H2,1-5H3. The van der Waals surface area contributed by atoms with E-state index < -0.39 is 0 Å². The zero-order valence-corrected chi connectivity index (χ0v) is 12.1. The minimum absolute atomic E-state index is 0.756. The van der Waals surface area contributed by atoms with Crippen LogP contribution >= 0.6 is 11.8 Å². The van der Waals surface area contributed by atoms with Crippen LogP contribution in [0, 0.1) is 5.92 Å². The molecule has 0 radical (unpaired) electrons. The quantitative estimate of drug-likeness (QED) is 0.784. The van der Waals surface area contributed by atoms with E-state index in [1.54, 1.807) is 10.5 Å². The predicted octanol–water partition coefficient (Wildman–Crippen LogP) is 4.33. The third-order valence-corrected chi connectivity index (χ3v) is 4.93. The maximum atomic E-state index is 3.31. The SMILES string of the molecule is CNCC1CCCC(SC(C)=C(C)C)=C1C. The molecule has 1 rings (SSSR count). The summed E-state index contributed by atoms with van der Waals surface area (Å²) in [5.74, 6) is 0.756. The van der Waals surface area contributed by atoms with E-state index in [-0.39, 0.29) is 0 Å². The van der Waals surface area contributed by atoms with E-state index >= 15 is 0 Å². The first-order valence-corrected chi connectivity index (χ1v) is 7.04. The maximum absolute atomic E-state index is 3.31. The van der Waals surface area contributed by atoms with Crippen LogP contribution in [-0.2, 0) is 0 Å². The second kappa shape index (κ2) is 6.51. The van der Waals surface area contributed by atoms with Gasteiger partial charge in [0.2, 0.25) is 0 Å². The van der Waals surface area contributed by atoms with Crippen molar-refractivity contribution < 1.29 is 0 Å². The molecule has 1 unspecified atom stereocenters. The first kappa shape index (κ1) is 13.9. The normalized spacial score (nSPS) is 21.2. The van der Waals surface area contributed by atoms with Gasteiger partial charge in [-0.15, -0.1) is 0 Å². The van der Waals surface area contributed by atoms with Gasteiger partial charge in [0.25, 0.3) is 0 Å². The summed E-state index contributed by atoms with van der Waals surface area (Å²) in [6.07, 6.45) is 3.98. The monoisotopic (exact) mass is 239 g/mol. The topological polar surface area (TPSA) is 12.0 Å². The molecule has 1 aliphatic rings. The van der Waals surface area contributed by atoms with Crippen molar-refractivity contribution >= 4 is 11.8 Å². The van der Waals surface area contributed by atoms with E-state index in [1.807, 2.05) is 11.8 Å². The number of hydrogen-bond donors (Lipinski definition) is 1. The molecular weight excluding hydrogens is 214 g/mol. The molecule has 1 nitrogen and oxygen atoms in total. The number of allylic oxidation sites excluding steroid dienone is 3. The Bertz CT molecular complexity index is 298. The molecule has 0 saturated carbocycles. The van der Waals surface area contributed by atoms with Crippen LogP contribution in [0.4, 0.5) is 0 Å². The summed E-state index contributed by atoms with van der Waals surface area (Å²) >= 11 is 2.00. The molecule has 0 aromatic rings. The summed E-state index contributed by atoms with van der Waals surface area (Å²) < 4.78 is 0. The summed E-state index contributed by atoms with van der Waals surface area (Å²) in [4.78, 5) is 3.09. The highest BCUT2D eigenvalue weighted by Gasteiger charge is 2.19. The molecule has 16 heavy (non-hydrogen) atoms. The van der Waals surface area contributed by atoms with E-state index in [0.29, 0.717) is 0 Å². The molecule has 0 spiro atoms. The van der Waals surface area contributed by atoms with Crippen LogP contribution in [0.2, 0.25) is 0 Å². The highest BCUT2D eigenvalue weighted by Crippen LogP contribution is 2.39. The van der Waals surface area contributed by atoms with Crippen molar-refractivity contribution in [1.82, 2.24) is 5.32 Å². The molecule has 0 amide bonds. The summed E-state index contributed by atoms with van der Waals surface area (Å²) in [6.45, 7) is 10.1. The van der Waals surface area contributed by atoms with Crippen LogP contribution in [0.1, 0.15) is 47.0 Å². The van der Waals surface area contributed by atoms with Gasteiger partial charge in [0.15, 0.2) is 0 Å². The Labute approximate surface area is 105 Å². The molecule has 0 heterocycles. The lowest BCUT2D eigenvalue weighted by molar-refractivity contribution is 0.486. The Kier molecular flexibility index (Phi) is 5.63. The number of nitrogens with one attached hydrogen (secondary N) is 1. The largest absolute Gasteiger partial charge is 0.319 e. The summed E-state index contributed by atoms with van der Waals surface area (Å²) in [7, 11) is 2.05. The fourth-order valence-electron chi connectivity index (χ4n) is 2.07. The highest BCUT2D eigenvalue weighted by molar-refractivity contribution is 8.06. The Hall–Kier alpha value is -0.210. The second-order valence-electron chi connectivity index (χ2n) is 4.91. The predicted molar refractivity (Wildman–Crippen MR) is 75.6 cm³/mol. The van der Waals surface area contributed by atoms with E-state index in [2.05, 4.69) is 40.1 Å². The zero-order valence-electron chi connectivity index (χ0n) is 11.3. The molecular formula is C14H25NS. The van der Waals surface area contributed by atoms with Gasteiger partial charge in [0, 0.05) is 6.54 Å². The van der Waals surface area contributed by atoms with Crippen molar-refractivity contribution in [3.8, 4) is 0 Å². The van der Waals surface area contributed by atoms with Crippen molar-refractivity contribution in [3.05, 3.63) is 21.0 Å². The lowest BCUT2D eigenvalue weighted by Gasteiger charge is -2.26. The molecule has 0 aromatic heterocycles. The molecule has 1 aliphatic carbocycles. The van der Waals surface area contributed by atoms with Gasteiger partial charge in [0.05, 0.1) is 0 Å². The van der Waals surface area contributed by atoms with Gasteiger partial charge in [0.1, 0.15) is 0 Å². The number of rotatable bonds is 4. The smallest absolute Gasteiger partial charge is 0.00141 e. The molecule has 1 N–H and O–H groups in total. The van der Waals surface area contributed by atoms with Gasteiger partial charge < -0.3 is 5.32 Å². The van der Waals surface area contributed by atoms with E-state index in [1.165, 1.54) is 29.7 Å². The third kappa shape index (κ3) is 3.67. The molecule has 0 saturated heterocycles. The average Bonchev–Trinajstić information content (AvgIpc) is 2.24. The van der Waals surface area contributed by atoms with Crippen LogP contribution in [-0.4, -0.2) is 13.6 Å². The van der Waals surface area contributed by atoms with Gasteiger partial charge in [-0.2, -0.15) is 0 Å². The lowest BCUT2D eigenvalue weighted by Crippen LogP contribution is -2.22. The molecule has 0 aromatic carbocycles. The lowest BCUT2D eigenvalue weighted by atomic mass is 9.88. The highest BCUT2D eigenvalue weighted by atomic mass is 32.2. The van der Waals surface area contributed by atoms with Crippen molar-refractivity contribution in [3.63, 3.8) is 0 Å². The van der Waals surface area contributed by atoms with Crippen molar-refractivity contribution in [2.24, 2.45) is 5.92 Å². The second-order valence-corrected chi connectivity index (χ2v) is 6.22. The zero-order chi connectivity index (χ0) is 12.1. The molecule has 0 fully saturated rings. The van der Waals surface area contributed by atoms with Gasteiger partial charge in [-0.3, -0.25) is 0 Å².